The maximum atomic E-state index is 11.6. The smallest absolute Gasteiger partial charge is 0.343 e. The standard InChI is InChI=1S/C24H18O8/c25-19-13-7-3-1-5-11(13)15(21(27)17(19)23(29)30)9-10-16-12-6-2-4-8-14(12)20(26)18(22(16)28)24(31)32/h1-8,25-28H,9-10H2,(H,29,30)(H,31,32). The number of fused-ring (bicyclic) bond motifs is 2. The zero-order valence-corrected chi connectivity index (χ0v) is 16.5. The Hall–Kier alpha value is -4.46. The van der Waals surface area contributed by atoms with E-state index in [9.17, 15) is 40.2 Å². The third-order valence-corrected chi connectivity index (χ3v) is 5.59. The van der Waals surface area contributed by atoms with Crippen molar-refractivity contribution in [2.75, 3.05) is 0 Å². The predicted molar refractivity (Wildman–Crippen MR) is 116 cm³/mol. The topological polar surface area (TPSA) is 156 Å². The molecule has 162 valence electrons. The number of carboxylic acid groups (broad SMARTS) is 2. The molecule has 6 N–H and O–H groups in total. The summed E-state index contributed by atoms with van der Waals surface area (Å²) in [5.74, 6) is -5.32. The van der Waals surface area contributed by atoms with Crippen molar-refractivity contribution in [1.29, 1.82) is 0 Å². The Morgan fingerprint density at radius 1 is 0.531 bits per heavy atom. The molecule has 32 heavy (non-hydrogen) atoms. The highest BCUT2D eigenvalue weighted by Crippen LogP contribution is 2.43. The van der Waals surface area contributed by atoms with Gasteiger partial charge in [0, 0.05) is 21.9 Å². The predicted octanol–water partition coefficient (Wildman–Crippen LogP) is 4.00. The van der Waals surface area contributed by atoms with Crippen LogP contribution in [0.25, 0.3) is 21.5 Å². The van der Waals surface area contributed by atoms with Gasteiger partial charge in [0.2, 0.25) is 0 Å². The van der Waals surface area contributed by atoms with Crippen LogP contribution in [0.5, 0.6) is 23.0 Å². The molecule has 4 aromatic rings. The van der Waals surface area contributed by atoms with E-state index in [0.717, 1.165) is 0 Å². The van der Waals surface area contributed by atoms with Crippen LogP contribution in [0.15, 0.2) is 48.5 Å². The first-order valence-electron chi connectivity index (χ1n) is 9.61. The molecular formula is C24H18O8. The van der Waals surface area contributed by atoms with Crippen molar-refractivity contribution >= 4 is 33.5 Å². The van der Waals surface area contributed by atoms with E-state index in [-0.39, 0.29) is 34.7 Å². The molecule has 8 heteroatoms. The van der Waals surface area contributed by atoms with Gasteiger partial charge in [-0.1, -0.05) is 48.5 Å². The number of aryl methyl sites for hydroxylation is 2. The van der Waals surface area contributed by atoms with Gasteiger partial charge in [0.1, 0.15) is 34.1 Å². The number of carboxylic acids is 2. The Kier molecular flexibility index (Phi) is 4.98. The first-order chi connectivity index (χ1) is 15.2. The van der Waals surface area contributed by atoms with Gasteiger partial charge in [0.15, 0.2) is 0 Å². The monoisotopic (exact) mass is 434 g/mol. The lowest BCUT2D eigenvalue weighted by Crippen LogP contribution is -2.05. The lowest BCUT2D eigenvalue weighted by atomic mass is 9.90. The van der Waals surface area contributed by atoms with Gasteiger partial charge in [-0.15, -0.1) is 0 Å². The molecular weight excluding hydrogens is 416 g/mol. The second kappa shape index (κ2) is 7.66. The molecule has 0 aliphatic carbocycles. The maximum absolute atomic E-state index is 11.6. The Balaban J connectivity index is 1.92. The summed E-state index contributed by atoms with van der Waals surface area (Å²) in [4.78, 5) is 23.3. The maximum Gasteiger partial charge on any atom is 0.343 e. The molecule has 0 aliphatic heterocycles. The molecule has 0 radical (unpaired) electrons. The van der Waals surface area contributed by atoms with Crippen molar-refractivity contribution in [3.05, 3.63) is 70.8 Å². The number of carbonyl (C=O) groups is 2. The van der Waals surface area contributed by atoms with Crippen molar-refractivity contribution in [2.24, 2.45) is 0 Å². The fraction of sp³-hybridized carbons (Fsp3) is 0.0833. The molecule has 0 heterocycles. The fourth-order valence-corrected chi connectivity index (χ4v) is 4.12. The van der Waals surface area contributed by atoms with Crippen LogP contribution in [0, 0.1) is 0 Å². The summed E-state index contributed by atoms with van der Waals surface area (Å²) in [6.07, 6.45) is 0.0442. The van der Waals surface area contributed by atoms with Crippen LogP contribution in [0.3, 0.4) is 0 Å². The summed E-state index contributed by atoms with van der Waals surface area (Å²) in [6.45, 7) is 0. The summed E-state index contributed by atoms with van der Waals surface area (Å²) in [5, 5.41) is 62.3. The zero-order valence-electron chi connectivity index (χ0n) is 16.5. The van der Waals surface area contributed by atoms with E-state index in [1.54, 1.807) is 36.4 Å². The van der Waals surface area contributed by atoms with Crippen LogP contribution in [0.4, 0.5) is 0 Å². The molecule has 0 spiro atoms. The number of aromatic hydroxyl groups is 4. The molecule has 0 saturated carbocycles. The average Bonchev–Trinajstić information content (AvgIpc) is 2.75. The molecule has 8 nitrogen and oxygen atoms in total. The Morgan fingerprint density at radius 3 is 1.16 bits per heavy atom. The number of rotatable bonds is 5. The first-order valence-corrected chi connectivity index (χ1v) is 9.61. The van der Waals surface area contributed by atoms with Crippen LogP contribution < -0.4 is 0 Å². The highest BCUT2D eigenvalue weighted by atomic mass is 16.4. The first kappa shape index (κ1) is 20.8. The zero-order chi connectivity index (χ0) is 23.2. The van der Waals surface area contributed by atoms with Gasteiger partial charge in [-0.25, -0.2) is 9.59 Å². The van der Waals surface area contributed by atoms with Crippen molar-refractivity contribution in [3.63, 3.8) is 0 Å². The van der Waals surface area contributed by atoms with Crippen molar-refractivity contribution < 1.29 is 40.2 Å². The van der Waals surface area contributed by atoms with Crippen molar-refractivity contribution in [2.45, 2.75) is 12.8 Å². The van der Waals surface area contributed by atoms with Gasteiger partial charge in [-0.3, -0.25) is 0 Å². The van der Waals surface area contributed by atoms with Crippen LogP contribution in [-0.2, 0) is 12.8 Å². The number of aromatic carboxylic acids is 2. The lowest BCUT2D eigenvalue weighted by molar-refractivity contribution is 0.0678. The van der Waals surface area contributed by atoms with Gasteiger partial charge in [0.25, 0.3) is 0 Å². The molecule has 0 saturated heterocycles. The molecule has 0 unspecified atom stereocenters. The van der Waals surface area contributed by atoms with E-state index in [4.69, 9.17) is 0 Å². The second-order valence-corrected chi connectivity index (χ2v) is 7.30. The van der Waals surface area contributed by atoms with Gasteiger partial charge < -0.3 is 30.6 Å². The molecule has 0 aromatic heterocycles. The Morgan fingerprint density at radius 2 is 0.844 bits per heavy atom. The lowest BCUT2D eigenvalue weighted by Gasteiger charge is -2.17. The molecule has 4 aromatic carbocycles. The average molecular weight is 434 g/mol. The molecule has 0 amide bonds. The highest BCUT2D eigenvalue weighted by Gasteiger charge is 2.26. The van der Waals surface area contributed by atoms with E-state index in [1.807, 2.05) is 0 Å². The number of phenols is 4. The normalized spacial score (nSPS) is 11.1. The number of hydrogen-bond acceptors (Lipinski definition) is 6. The molecule has 0 bridgehead atoms. The molecule has 4 rings (SSSR count). The Bertz CT molecular complexity index is 1310. The molecule has 0 aliphatic rings. The minimum Gasteiger partial charge on any atom is -0.507 e. The third-order valence-electron chi connectivity index (χ3n) is 5.59. The fourth-order valence-electron chi connectivity index (χ4n) is 4.12. The van der Waals surface area contributed by atoms with E-state index in [2.05, 4.69) is 0 Å². The minimum atomic E-state index is -1.50. The summed E-state index contributed by atoms with van der Waals surface area (Å²) in [6, 6.07) is 12.9. The van der Waals surface area contributed by atoms with E-state index in [1.165, 1.54) is 12.1 Å². The highest BCUT2D eigenvalue weighted by molar-refractivity contribution is 6.06. The van der Waals surface area contributed by atoms with Gasteiger partial charge in [-0.2, -0.15) is 0 Å². The van der Waals surface area contributed by atoms with Crippen LogP contribution in [0.1, 0.15) is 31.8 Å². The Labute approximate surface area is 180 Å². The third kappa shape index (κ3) is 3.09. The van der Waals surface area contributed by atoms with E-state index >= 15 is 0 Å². The van der Waals surface area contributed by atoms with Gasteiger partial charge in [-0.05, 0) is 23.6 Å². The van der Waals surface area contributed by atoms with Gasteiger partial charge in [0.05, 0.1) is 0 Å². The van der Waals surface area contributed by atoms with E-state index < -0.39 is 46.1 Å². The van der Waals surface area contributed by atoms with Crippen molar-refractivity contribution in [3.8, 4) is 23.0 Å². The molecule has 0 atom stereocenters. The van der Waals surface area contributed by atoms with Gasteiger partial charge >= 0.3 is 11.9 Å². The summed E-state index contributed by atoms with van der Waals surface area (Å²) < 4.78 is 0. The van der Waals surface area contributed by atoms with Crippen LogP contribution in [-0.4, -0.2) is 42.6 Å². The number of benzene rings is 4. The van der Waals surface area contributed by atoms with Crippen molar-refractivity contribution in [1.82, 2.24) is 0 Å². The minimum absolute atomic E-state index is 0.0221. The summed E-state index contributed by atoms with van der Waals surface area (Å²) in [5.41, 5.74) is -0.817. The summed E-state index contributed by atoms with van der Waals surface area (Å²) in [7, 11) is 0. The quantitative estimate of drug-likeness (QED) is 0.275. The molecule has 0 fully saturated rings. The number of hydrogen-bond donors (Lipinski definition) is 6. The second-order valence-electron chi connectivity index (χ2n) is 7.30. The SMILES string of the molecule is O=C(O)c1c(O)c(CCc2c(O)c(C(=O)O)c(O)c3ccccc23)c2ccccc2c1O. The van der Waals surface area contributed by atoms with Crippen LogP contribution in [0.2, 0.25) is 0 Å². The van der Waals surface area contributed by atoms with Crippen LogP contribution >= 0.6 is 0 Å². The largest absolute Gasteiger partial charge is 0.507 e. The summed E-state index contributed by atoms with van der Waals surface area (Å²) >= 11 is 0. The van der Waals surface area contributed by atoms with E-state index in [0.29, 0.717) is 10.8 Å².